The Kier molecular flexibility index (Phi) is 5.74. The summed E-state index contributed by atoms with van der Waals surface area (Å²) in [6.45, 7) is 5.29. The summed E-state index contributed by atoms with van der Waals surface area (Å²) < 4.78 is 0. The normalized spacial score (nSPS) is 21.0. The maximum absolute atomic E-state index is 5.98. The highest BCUT2D eigenvalue weighted by molar-refractivity contribution is 6.30. The number of hydrogen-bond donors (Lipinski definition) is 1. The number of benzene rings is 1. The highest BCUT2D eigenvalue weighted by atomic mass is 35.5. The molecule has 0 spiro atoms. The molecule has 0 radical (unpaired) electrons. The van der Waals surface area contributed by atoms with Crippen molar-refractivity contribution >= 4 is 24.0 Å². The van der Waals surface area contributed by atoms with Gasteiger partial charge in [-0.15, -0.1) is 12.4 Å². The lowest BCUT2D eigenvalue weighted by Crippen LogP contribution is -2.42. The number of piperidine rings is 1. The van der Waals surface area contributed by atoms with Gasteiger partial charge in [0.05, 0.1) is 0 Å². The fraction of sp³-hybridized carbons (Fsp3) is 0.538. The summed E-state index contributed by atoms with van der Waals surface area (Å²) >= 11 is 5.95. The van der Waals surface area contributed by atoms with E-state index < -0.39 is 0 Å². The van der Waals surface area contributed by atoms with E-state index in [1.807, 2.05) is 12.1 Å². The standard InChI is InChI=1S/C13H19ClN2.ClH/c1-10-7-12(14)5-4-11(10)8-16-6-2-3-13(15)9-16;/h4-5,7,13H,2-3,6,8-9,15H2,1H3;1H. The van der Waals surface area contributed by atoms with E-state index in [1.54, 1.807) is 0 Å². The van der Waals surface area contributed by atoms with Crippen LogP contribution in [0.2, 0.25) is 5.02 Å². The van der Waals surface area contributed by atoms with Gasteiger partial charge < -0.3 is 5.73 Å². The fourth-order valence-electron chi connectivity index (χ4n) is 2.31. The van der Waals surface area contributed by atoms with E-state index in [0.717, 1.165) is 31.1 Å². The van der Waals surface area contributed by atoms with Gasteiger partial charge in [-0.05, 0) is 49.6 Å². The van der Waals surface area contributed by atoms with Crippen LogP contribution in [-0.2, 0) is 6.54 Å². The van der Waals surface area contributed by atoms with Crippen LogP contribution in [0.4, 0.5) is 0 Å². The van der Waals surface area contributed by atoms with Crippen LogP contribution in [0.1, 0.15) is 24.0 Å². The predicted octanol–water partition coefficient (Wildman–Crippen LogP) is 2.99. The van der Waals surface area contributed by atoms with Crippen LogP contribution in [0, 0.1) is 6.92 Å². The lowest BCUT2D eigenvalue weighted by atomic mass is 10.0. The van der Waals surface area contributed by atoms with E-state index in [0.29, 0.717) is 6.04 Å². The molecule has 1 atom stereocenters. The molecule has 1 heterocycles. The molecule has 0 aliphatic carbocycles. The topological polar surface area (TPSA) is 29.3 Å². The number of hydrogen-bond acceptors (Lipinski definition) is 2. The maximum Gasteiger partial charge on any atom is 0.0408 e. The van der Waals surface area contributed by atoms with Gasteiger partial charge in [0.15, 0.2) is 0 Å². The number of nitrogens with two attached hydrogens (primary N) is 1. The molecule has 1 aromatic rings. The van der Waals surface area contributed by atoms with E-state index in [2.05, 4.69) is 17.9 Å². The summed E-state index contributed by atoms with van der Waals surface area (Å²) in [5.74, 6) is 0. The van der Waals surface area contributed by atoms with Crippen molar-refractivity contribution in [2.24, 2.45) is 5.73 Å². The Morgan fingerprint density at radius 2 is 2.24 bits per heavy atom. The number of nitrogens with zero attached hydrogens (tertiary/aromatic N) is 1. The van der Waals surface area contributed by atoms with Crippen LogP contribution < -0.4 is 5.73 Å². The van der Waals surface area contributed by atoms with Gasteiger partial charge in [0, 0.05) is 24.2 Å². The fourth-order valence-corrected chi connectivity index (χ4v) is 2.54. The molecule has 1 saturated heterocycles. The summed E-state index contributed by atoms with van der Waals surface area (Å²) in [5, 5.41) is 0.816. The number of halogens is 2. The summed E-state index contributed by atoms with van der Waals surface area (Å²) in [7, 11) is 0. The molecule has 4 heteroatoms. The quantitative estimate of drug-likeness (QED) is 0.899. The monoisotopic (exact) mass is 274 g/mol. The minimum absolute atomic E-state index is 0. The Hall–Kier alpha value is -0.280. The zero-order valence-corrected chi connectivity index (χ0v) is 11.7. The number of rotatable bonds is 2. The summed E-state index contributed by atoms with van der Waals surface area (Å²) in [4.78, 5) is 2.43. The third kappa shape index (κ3) is 4.14. The van der Waals surface area contributed by atoms with Crippen LogP contribution in [0.5, 0.6) is 0 Å². The predicted molar refractivity (Wildman–Crippen MR) is 75.9 cm³/mol. The first-order valence-electron chi connectivity index (χ1n) is 5.88. The van der Waals surface area contributed by atoms with E-state index in [-0.39, 0.29) is 12.4 Å². The molecular formula is C13H20Cl2N2. The molecule has 2 nitrogen and oxygen atoms in total. The second-order valence-electron chi connectivity index (χ2n) is 4.71. The number of aryl methyl sites for hydroxylation is 1. The van der Waals surface area contributed by atoms with Gasteiger partial charge in [-0.2, -0.15) is 0 Å². The molecule has 17 heavy (non-hydrogen) atoms. The molecule has 0 saturated carbocycles. The Labute approximate surface area is 115 Å². The first-order chi connectivity index (χ1) is 7.65. The van der Waals surface area contributed by atoms with E-state index in [4.69, 9.17) is 17.3 Å². The largest absolute Gasteiger partial charge is 0.327 e. The van der Waals surface area contributed by atoms with Crippen molar-refractivity contribution in [3.8, 4) is 0 Å². The van der Waals surface area contributed by atoms with Crippen molar-refractivity contribution in [3.63, 3.8) is 0 Å². The second kappa shape index (κ2) is 6.60. The van der Waals surface area contributed by atoms with Crippen LogP contribution in [0.25, 0.3) is 0 Å². The van der Waals surface area contributed by atoms with Gasteiger partial charge >= 0.3 is 0 Å². The lowest BCUT2D eigenvalue weighted by molar-refractivity contribution is 0.201. The van der Waals surface area contributed by atoms with E-state index >= 15 is 0 Å². The highest BCUT2D eigenvalue weighted by Crippen LogP contribution is 2.18. The molecular weight excluding hydrogens is 255 g/mol. The zero-order valence-electron chi connectivity index (χ0n) is 10.2. The van der Waals surface area contributed by atoms with Crippen LogP contribution in [0.15, 0.2) is 18.2 Å². The van der Waals surface area contributed by atoms with Crippen LogP contribution >= 0.6 is 24.0 Å². The van der Waals surface area contributed by atoms with Gasteiger partial charge in [-0.1, -0.05) is 17.7 Å². The Bertz CT molecular complexity index is 368. The van der Waals surface area contributed by atoms with Crippen molar-refractivity contribution in [2.45, 2.75) is 32.4 Å². The van der Waals surface area contributed by atoms with Gasteiger partial charge in [0.1, 0.15) is 0 Å². The average molecular weight is 275 g/mol. The zero-order chi connectivity index (χ0) is 11.5. The van der Waals surface area contributed by atoms with Gasteiger partial charge in [0.25, 0.3) is 0 Å². The SMILES string of the molecule is Cc1cc(Cl)ccc1CN1CCCC(N)C1.Cl. The Morgan fingerprint density at radius 1 is 1.47 bits per heavy atom. The first-order valence-corrected chi connectivity index (χ1v) is 6.26. The summed E-state index contributed by atoms with van der Waals surface area (Å²) in [6.07, 6.45) is 2.38. The van der Waals surface area contributed by atoms with E-state index in [1.165, 1.54) is 17.5 Å². The molecule has 1 fully saturated rings. The molecule has 0 bridgehead atoms. The minimum atomic E-state index is 0. The van der Waals surface area contributed by atoms with Crippen molar-refractivity contribution in [1.82, 2.24) is 4.90 Å². The maximum atomic E-state index is 5.98. The molecule has 2 N–H and O–H groups in total. The van der Waals surface area contributed by atoms with Gasteiger partial charge in [-0.25, -0.2) is 0 Å². The van der Waals surface area contributed by atoms with Crippen molar-refractivity contribution in [3.05, 3.63) is 34.3 Å². The lowest BCUT2D eigenvalue weighted by Gasteiger charge is -2.31. The third-order valence-electron chi connectivity index (χ3n) is 3.24. The molecule has 0 amide bonds. The van der Waals surface area contributed by atoms with Gasteiger partial charge in [-0.3, -0.25) is 4.90 Å². The van der Waals surface area contributed by atoms with E-state index in [9.17, 15) is 0 Å². The smallest absolute Gasteiger partial charge is 0.0408 e. The highest BCUT2D eigenvalue weighted by Gasteiger charge is 2.16. The van der Waals surface area contributed by atoms with Crippen LogP contribution in [0.3, 0.4) is 0 Å². The third-order valence-corrected chi connectivity index (χ3v) is 3.48. The molecule has 96 valence electrons. The molecule has 1 aliphatic rings. The van der Waals surface area contributed by atoms with Crippen molar-refractivity contribution in [1.29, 1.82) is 0 Å². The first kappa shape index (κ1) is 14.8. The average Bonchev–Trinajstić information content (AvgIpc) is 2.22. The summed E-state index contributed by atoms with van der Waals surface area (Å²) in [6, 6.07) is 6.47. The van der Waals surface area contributed by atoms with Crippen molar-refractivity contribution < 1.29 is 0 Å². The van der Waals surface area contributed by atoms with Crippen LogP contribution in [-0.4, -0.2) is 24.0 Å². The molecule has 0 aromatic heterocycles. The molecule has 1 aliphatic heterocycles. The number of likely N-dealkylation sites (tertiary alicyclic amines) is 1. The molecule has 1 unspecified atom stereocenters. The molecule has 2 rings (SSSR count). The summed E-state index contributed by atoms with van der Waals surface area (Å²) in [5.41, 5.74) is 8.61. The minimum Gasteiger partial charge on any atom is -0.327 e. The molecule has 1 aromatic carbocycles. The van der Waals surface area contributed by atoms with Gasteiger partial charge in [0.2, 0.25) is 0 Å². The Morgan fingerprint density at radius 3 is 2.88 bits per heavy atom. The van der Waals surface area contributed by atoms with Crippen molar-refractivity contribution in [2.75, 3.05) is 13.1 Å². The Balaban J connectivity index is 0.00000144. The second-order valence-corrected chi connectivity index (χ2v) is 5.14.